The van der Waals surface area contributed by atoms with Gasteiger partial charge in [-0.1, -0.05) is 18.2 Å². The largest absolute Gasteiger partial charge is 0.320 e. The van der Waals surface area contributed by atoms with Gasteiger partial charge in [0.05, 0.1) is 11.4 Å². The molecule has 1 aromatic heterocycles. The van der Waals surface area contributed by atoms with E-state index in [1.807, 2.05) is 55.8 Å². The van der Waals surface area contributed by atoms with E-state index in [1.54, 1.807) is 4.68 Å². The van der Waals surface area contributed by atoms with Crippen molar-refractivity contribution < 1.29 is 4.79 Å². The molecule has 1 aromatic carbocycles. The van der Waals surface area contributed by atoms with Crippen LogP contribution in [0.4, 0.5) is 5.69 Å². The first kappa shape index (κ1) is 14.1. The number of nitrogens with one attached hydrogen (secondary N) is 1. The number of rotatable bonds is 3. The highest BCUT2D eigenvalue weighted by Crippen LogP contribution is 2.19. The number of para-hydroxylation sites is 1. The third-order valence-electron chi connectivity index (χ3n) is 3.12. The number of hydrogen-bond acceptors (Lipinski definition) is 2. The van der Waals surface area contributed by atoms with Gasteiger partial charge in [-0.2, -0.15) is 0 Å². The lowest BCUT2D eigenvalue weighted by Crippen LogP contribution is -2.24. The predicted molar refractivity (Wildman–Crippen MR) is 79.5 cm³/mol. The van der Waals surface area contributed by atoms with E-state index < -0.39 is 0 Å². The zero-order chi connectivity index (χ0) is 14.9. The van der Waals surface area contributed by atoms with Crippen LogP contribution >= 0.6 is 0 Å². The maximum atomic E-state index is 12.6. The summed E-state index contributed by atoms with van der Waals surface area (Å²) < 4.78 is 3.49. The van der Waals surface area contributed by atoms with Crippen LogP contribution in [0.15, 0.2) is 35.1 Å². The molecule has 2 aromatic rings. The Kier molecular flexibility index (Phi) is 3.79. The fraction of sp³-hybridized carbons (Fsp3) is 0.333. The molecular weight excluding hydrogens is 254 g/mol. The van der Waals surface area contributed by atoms with Crippen molar-refractivity contribution in [2.45, 2.75) is 33.7 Å². The second kappa shape index (κ2) is 5.36. The summed E-state index contributed by atoms with van der Waals surface area (Å²) in [6.45, 7) is 7.25. The number of carbonyl (C=O) groups excluding carboxylic acids is 1. The van der Waals surface area contributed by atoms with Crippen LogP contribution in [0.5, 0.6) is 0 Å². The maximum Gasteiger partial charge on any atom is 0.295 e. The zero-order valence-corrected chi connectivity index (χ0v) is 12.2. The average Bonchev–Trinajstić information content (AvgIpc) is 2.64. The van der Waals surface area contributed by atoms with E-state index in [0.29, 0.717) is 5.69 Å². The van der Waals surface area contributed by atoms with Crippen LogP contribution in [0, 0.1) is 6.92 Å². The zero-order valence-electron chi connectivity index (χ0n) is 12.2. The smallest absolute Gasteiger partial charge is 0.295 e. The molecule has 0 fully saturated rings. The van der Waals surface area contributed by atoms with Gasteiger partial charge in [0.25, 0.3) is 5.56 Å². The van der Waals surface area contributed by atoms with Crippen LogP contribution in [0.25, 0.3) is 5.69 Å². The molecule has 0 aliphatic heterocycles. The Bertz CT molecular complexity index is 681. The van der Waals surface area contributed by atoms with E-state index in [0.717, 1.165) is 11.4 Å². The highest BCUT2D eigenvalue weighted by atomic mass is 16.2. The molecule has 0 aliphatic rings. The number of amides is 1. The van der Waals surface area contributed by atoms with Crippen LogP contribution in [0.1, 0.15) is 32.5 Å². The van der Waals surface area contributed by atoms with E-state index in [1.165, 1.54) is 6.92 Å². The summed E-state index contributed by atoms with van der Waals surface area (Å²) in [4.78, 5) is 23.9. The van der Waals surface area contributed by atoms with Crippen molar-refractivity contribution in [2.24, 2.45) is 0 Å². The van der Waals surface area contributed by atoms with E-state index in [2.05, 4.69) is 5.32 Å². The van der Waals surface area contributed by atoms with Gasteiger partial charge in [0, 0.05) is 13.0 Å². The summed E-state index contributed by atoms with van der Waals surface area (Å²) >= 11 is 0. The van der Waals surface area contributed by atoms with Crippen LogP contribution in [0.3, 0.4) is 0 Å². The molecule has 106 valence electrons. The molecule has 0 spiro atoms. The first-order valence-corrected chi connectivity index (χ1v) is 6.60. The fourth-order valence-electron chi connectivity index (χ4n) is 2.37. The molecule has 20 heavy (non-hydrogen) atoms. The third kappa shape index (κ3) is 2.39. The Labute approximate surface area is 117 Å². The number of hydrogen-bond donors (Lipinski definition) is 1. The molecule has 2 rings (SSSR count). The summed E-state index contributed by atoms with van der Waals surface area (Å²) in [6, 6.07) is 9.51. The first-order valence-electron chi connectivity index (χ1n) is 6.60. The standard InChI is InChI=1S/C15H19N3O2/c1-10(2)17-11(3)14(16-12(4)19)15(20)18(17)13-8-6-5-7-9-13/h5-10H,1-4H3,(H,16,19). The lowest BCUT2D eigenvalue weighted by Gasteiger charge is -2.16. The van der Waals surface area contributed by atoms with Gasteiger partial charge in [-0.25, -0.2) is 4.68 Å². The molecule has 0 atom stereocenters. The summed E-state index contributed by atoms with van der Waals surface area (Å²) in [5, 5.41) is 2.63. The van der Waals surface area contributed by atoms with Gasteiger partial charge < -0.3 is 5.32 Å². The Hall–Kier alpha value is -2.30. The molecule has 0 saturated heterocycles. The van der Waals surface area contributed by atoms with Gasteiger partial charge in [0.2, 0.25) is 5.91 Å². The molecule has 5 heteroatoms. The van der Waals surface area contributed by atoms with Crippen LogP contribution in [0.2, 0.25) is 0 Å². The van der Waals surface area contributed by atoms with Crippen molar-refractivity contribution in [3.05, 3.63) is 46.4 Å². The highest BCUT2D eigenvalue weighted by molar-refractivity contribution is 5.89. The first-order chi connectivity index (χ1) is 9.43. The Morgan fingerprint density at radius 3 is 2.30 bits per heavy atom. The van der Waals surface area contributed by atoms with Gasteiger partial charge in [-0.05, 0) is 32.9 Å². The summed E-state index contributed by atoms with van der Waals surface area (Å²) in [6.07, 6.45) is 0. The van der Waals surface area contributed by atoms with Gasteiger partial charge in [0.15, 0.2) is 0 Å². The van der Waals surface area contributed by atoms with Crippen molar-refractivity contribution in [3.8, 4) is 5.69 Å². The molecule has 1 N–H and O–H groups in total. The topological polar surface area (TPSA) is 56.0 Å². The van der Waals surface area contributed by atoms with Crippen molar-refractivity contribution in [2.75, 3.05) is 5.32 Å². The molecule has 0 saturated carbocycles. The molecule has 5 nitrogen and oxygen atoms in total. The quantitative estimate of drug-likeness (QED) is 0.934. The molecule has 1 amide bonds. The van der Waals surface area contributed by atoms with E-state index >= 15 is 0 Å². The second-order valence-electron chi connectivity index (χ2n) is 5.03. The Morgan fingerprint density at radius 1 is 1.20 bits per heavy atom. The van der Waals surface area contributed by atoms with Crippen molar-refractivity contribution in [1.29, 1.82) is 0 Å². The summed E-state index contributed by atoms with van der Waals surface area (Å²) in [5.74, 6) is -0.244. The molecule has 0 unspecified atom stereocenters. The third-order valence-corrected chi connectivity index (χ3v) is 3.12. The van der Waals surface area contributed by atoms with E-state index in [-0.39, 0.29) is 17.5 Å². The molecule has 0 radical (unpaired) electrons. The van der Waals surface area contributed by atoms with Gasteiger partial charge >= 0.3 is 0 Å². The number of benzene rings is 1. The minimum absolute atomic E-state index is 0.102. The number of anilines is 1. The molecular formula is C15H19N3O2. The Morgan fingerprint density at radius 2 is 1.80 bits per heavy atom. The lowest BCUT2D eigenvalue weighted by atomic mass is 10.3. The van der Waals surface area contributed by atoms with Crippen LogP contribution < -0.4 is 10.9 Å². The van der Waals surface area contributed by atoms with Crippen molar-refractivity contribution in [3.63, 3.8) is 0 Å². The second-order valence-corrected chi connectivity index (χ2v) is 5.03. The maximum absolute atomic E-state index is 12.6. The van der Waals surface area contributed by atoms with Crippen LogP contribution in [-0.4, -0.2) is 15.3 Å². The van der Waals surface area contributed by atoms with Gasteiger partial charge in [0.1, 0.15) is 5.69 Å². The van der Waals surface area contributed by atoms with Crippen molar-refractivity contribution in [1.82, 2.24) is 9.36 Å². The molecule has 0 aliphatic carbocycles. The SMILES string of the molecule is CC(=O)Nc1c(C)n(C(C)C)n(-c2ccccc2)c1=O. The number of carbonyl (C=O) groups is 1. The minimum atomic E-state index is -0.244. The monoisotopic (exact) mass is 273 g/mol. The van der Waals surface area contributed by atoms with Crippen LogP contribution in [-0.2, 0) is 4.79 Å². The Balaban J connectivity index is 2.73. The number of nitrogens with zero attached hydrogens (tertiary/aromatic N) is 2. The van der Waals surface area contributed by atoms with E-state index in [4.69, 9.17) is 0 Å². The molecule has 1 heterocycles. The number of aromatic nitrogens is 2. The molecule has 0 bridgehead atoms. The average molecular weight is 273 g/mol. The van der Waals surface area contributed by atoms with Gasteiger partial charge in [-0.3, -0.25) is 14.3 Å². The summed E-state index contributed by atoms with van der Waals surface area (Å²) in [5.41, 5.74) is 1.67. The highest BCUT2D eigenvalue weighted by Gasteiger charge is 2.20. The predicted octanol–water partition coefficient (Wildman–Crippen LogP) is 2.49. The lowest BCUT2D eigenvalue weighted by molar-refractivity contribution is -0.114. The van der Waals surface area contributed by atoms with Crippen molar-refractivity contribution >= 4 is 11.6 Å². The normalized spacial score (nSPS) is 10.8. The fourth-order valence-corrected chi connectivity index (χ4v) is 2.37. The minimum Gasteiger partial charge on any atom is -0.320 e. The summed E-state index contributed by atoms with van der Waals surface area (Å²) in [7, 11) is 0. The van der Waals surface area contributed by atoms with Gasteiger partial charge in [-0.15, -0.1) is 0 Å². The van der Waals surface area contributed by atoms with E-state index in [9.17, 15) is 9.59 Å².